The number of hydrogen-bond donors (Lipinski definition) is 0. The average molecular weight is 399 g/mol. The Morgan fingerprint density at radius 2 is 2.00 bits per heavy atom. The third-order valence-electron chi connectivity index (χ3n) is 5.01. The van der Waals surface area contributed by atoms with Gasteiger partial charge in [-0.3, -0.25) is 4.79 Å². The summed E-state index contributed by atoms with van der Waals surface area (Å²) in [5, 5.41) is 6.91. The van der Waals surface area contributed by atoms with E-state index in [4.69, 9.17) is 4.74 Å². The van der Waals surface area contributed by atoms with Crippen molar-refractivity contribution in [2.45, 2.75) is 31.7 Å². The normalized spacial score (nSPS) is 17.5. The van der Waals surface area contributed by atoms with Gasteiger partial charge in [0.1, 0.15) is 16.5 Å². The standard InChI is InChI=1S/C21H22N2O2S2/c1-25-17-8-6-15(7-9-17)19-5-3-2-4-11-23(19)21(24)18-14-27-20(22-18)16-10-12-26-13-16/h6-10,12-14,19H,2-5,11H2,1H3/t19-/m0/s1. The molecule has 1 aliphatic rings. The van der Waals surface area contributed by atoms with Crippen molar-refractivity contribution in [2.75, 3.05) is 13.7 Å². The van der Waals surface area contributed by atoms with Gasteiger partial charge in [-0.2, -0.15) is 11.3 Å². The number of hydrogen-bond acceptors (Lipinski definition) is 5. The van der Waals surface area contributed by atoms with Crippen molar-refractivity contribution < 1.29 is 9.53 Å². The Morgan fingerprint density at radius 1 is 1.15 bits per heavy atom. The summed E-state index contributed by atoms with van der Waals surface area (Å²) in [4.78, 5) is 19.9. The Hall–Kier alpha value is -2.18. The maximum Gasteiger partial charge on any atom is 0.273 e. The molecule has 4 rings (SSSR count). The van der Waals surface area contributed by atoms with E-state index in [0.29, 0.717) is 5.69 Å². The summed E-state index contributed by atoms with van der Waals surface area (Å²) in [5.74, 6) is 0.876. The maximum atomic E-state index is 13.3. The molecule has 27 heavy (non-hydrogen) atoms. The molecule has 1 aromatic carbocycles. The fraction of sp³-hybridized carbons (Fsp3) is 0.333. The van der Waals surface area contributed by atoms with Gasteiger partial charge < -0.3 is 9.64 Å². The molecule has 1 fully saturated rings. The molecule has 140 valence electrons. The fourth-order valence-corrected chi connectivity index (χ4v) is 5.07. The number of aromatic nitrogens is 1. The van der Waals surface area contributed by atoms with Crippen molar-refractivity contribution >= 4 is 28.6 Å². The van der Waals surface area contributed by atoms with E-state index in [9.17, 15) is 4.79 Å². The van der Waals surface area contributed by atoms with Gasteiger partial charge >= 0.3 is 0 Å². The molecule has 3 aromatic rings. The molecule has 0 spiro atoms. The second-order valence-corrected chi connectivity index (χ2v) is 8.32. The predicted molar refractivity (Wildman–Crippen MR) is 111 cm³/mol. The predicted octanol–water partition coefficient (Wildman–Crippen LogP) is 5.64. The monoisotopic (exact) mass is 398 g/mol. The Bertz CT molecular complexity index is 887. The zero-order valence-corrected chi connectivity index (χ0v) is 16.9. The molecule has 1 saturated heterocycles. The number of ether oxygens (including phenoxy) is 1. The van der Waals surface area contributed by atoms with Crippen LogP contribution in [0, 0.1) is 0 Å². The SMILES string of the molecule is COc1ccc([C@@H]2CCCCCN2C(=O)c2csc(-c3ccsc3)n2)cc1. The van der Waals surface area contributed by atoms with Crippen LogP contribution in [0.2, 0.25) is 0 Å². The third-order valence-corrected chi connectivity index (χ3v) is 6.58. The van der Waals surface area contributed by atoms with E-state index in [1.165, 1.54) is 16.9 Å². The molecule has 0 unspecified atom stereocenters. The van der Waals surface area contributed by atoms with Crippen LogP contribution in [0.25, 0.3) is 10.6 Å². The van der Waals surface area contributed by atoms with Crippen molar-refractivity contribution in [1.82, 2.24) is 9.88 Å². The lowest BCUT2D eigenvalue weighted by atomic mass is 10.0. The molecule has 3 heterocycles. The van der Waals surface area contributed by atoms with E-state index in [-0.39, 0.29) is 11.9 Å². The summed E-state index contributed by atoms with van der Waals surface area (Å²) in [6.45, 7) is 0.779. The molecule has 0 bridgehead atoms. The number of benzene rings is 1. The van der Waals surface area contributed by atoms with Gasteiger partial charge in [0.25, 0.3) is 5.91 Å². The Morgan fingerprint density at radius 3 is 2.74 bits per heavy atom. The Labute approximate surface area is 167 Å². The van der Waals surface area contributed by atoms with Crippen molar-refractivity contribution in [1.29, 1.82) is 0 Å². The van der Waals surface area contributed by atoms with E-state index >= 15 is 0 Å². The molecular formula is C21H22N2O2S2. The highest BCUT2D eigenvalue weighted by Gasteiger charge is 2.29. The third kappa shape index (κ3) is 3.92. The van der Waals surface area contributed by atoms with Gasteiger partial charge in [-0.1, -0.05) is 25.0 Å². The van der Waals surface area contributed by atoms with Gasteiger partial charge in [0.15, 0.2) is 0 Å². The molecule has 1 atom stereocenters. The van der Waals surface area contributed by atoms with E-state index < -0.39 is 0 Å². The summed E-state index contributed by atoms with van der Waals surface area (Å²) >= 11 is 3.18. The lowest BCUT2D eigenvalue weighted by molar-refractivity contribution is 0.0675. The largest absolute Gasteiger partial charge is 0.497 e. The van der Waals surface area contributed by atoms with Gasteiger partial charge in [-0.25, -0.2) is 4.98 Å². The lowest BCUT2D eigenvalue weighted by Crippen LogP contribution is -2.35. The molecule has 2 aromatic heterocycles. The molecule has 0 radical (unpaired) electrons. The van der Waals surface area contributed by atoms with Crippen molar-refractivity contribution in [3.63, 3.8) is 0 Å². The smallest absolute Gasteiger partial charge is 0.273 e. The number of likely N-dealkylation sites (tertiary alicyclic amines) is 1. The van der Waals surface area contributed by atoms with Crippen LogP contribution in [0.4, 0.5) is 0 Å². The number of carbonyl (C=O) groups is 1. The zero-order valence-electron chi connectivity index (χ0n) is 15.3. The van der Waals surface area contributed by atoms with E-state index in [1.807, 2.05) is 33.9 Å². The minimum atomic E-state index is 0.0375. The second kappa shape index (κ2) is 8.23. The number of methoxy groups -OCH3 is 1. The number of nitrogens with zero attached hydrogens (tertiary/aromatic N) is 2. The minimum Gasteiger partial charge on any atom is -0.497 e. The van der Waals surface area contributed by atoms with Crippen LogP contribution in [-0.4, -0.2) is 29.4 Å². The van der Waals surface area contributed by atoms with Crippen LogP contribution in [-0.2, 0) is 0 Å². The summed E-state index contributed by atoms with van der Waals surface area (Å²) < 4.78 is 5.27. The average Bonchev–Trinajstić information content (AvgIpc) is 3.35. The maximum absolute atomic E-state index is 13.3. The fourth-order valence-electron chi connectivity index (χ4n) is 3.56. The van der Waals surface area contributed by atoms with Crippen LogP contribution in [0.5, 0.6) is 5.75 Å². The first kappa shape index (κ1) is 18.2. The molecular weight excluding hydrogens is 376 g/mol. The van der Waals surface area contributed by atoms with E-state index in [2.05, 4.69) is 22.5 Å². The molecule has 0 aliphatic carbocycles. The highest BCUT2D eigenvalue weighted by atomic mass is 32.1. The van der Waals surface area contributed by atoms with Crippen molar-refractivity contribution in [2.24, 2.45) is 0 Å². The highest BCUT2D eigenvalue weighted by molar-refractivity contribution is 7.14. The van der Waals surface area contributed by atoms with E-state index in [0.717, 1.165) is 48.5 Å². The van der Waals surface area contributed by atoms with Crippen LogP contribution >= 0.6 is 22.7 Å². The quantitative estimate of drug-likeness (QED) is 0.571. The molecule has 0 saturated carbocycles. The van der Waals surface area contributed by atoms with Gasteiger partial charge in [0, 0.05) is 22.9 Å². The number of rotatable bonds is 4. The first-order chi connectivity index (χ1) is 13.3. The summed E-state index contributed by atoms with van der Waals surface area (Å²) in [6, 6.07) is 10.2. The molecule has 0 N–H and O–H groups in total. The lowest BCUT2D eigenvalue weighted by Gasteiger charge is -2.30. The summed E-state index contributed by atoms with van der Waals surface area (Å²) in [7, 11) is 1.67. The summed E-state index contributed by atoms with van der Waals surface area (Å²) in [5.41, 5.74) is 2.81. The van der Waals surface area contributed by atoms with Crippen LogP contribution in [0.1, 0.15) is 47.8 Å². The Balaban J connectivity index is 1.60. The van der Waals surface area contributed by atoms with Gasteiger partial charge in [-0.05, 0) is 42.0 Å². The first-order valence-corrected chi connectivity index (χ1v) is 11.0. The second-order valence-electron chi connectivity index (χ2n) is 6.69. The van der Waals surface area contributed by atoms with Gasteiger partial charge in [0.2, 0.25) is 0 Å². The molecule has 4 nitrogen and oxygen atoms in total. The van der Waals surface area contributed by atoms with Crippen molar-refractivity contribution in [3.8, 4) is 16.3 Å². The van der Waals surface area contributed by atoms with E-state index in [1.54, 1.807) is 18.4 Å². The topological polar surface area (TPSA) is 42.4 Å². The molecule has 1 aliphatic heterocycles. The number of amides is 1. The minimum absolute atomic E-state index is 0.0375. The highest BCUT2D eigenvalue weighted by Crippen LogP contribution is 2.33. The zero-order chi connectivity index (χ0) is 18.6. The van der Waals surface area contributed by atoms with Gasteiger partial charge in [0.05, 0.1) is 13.2 Å². The number of carbonyl (C=O) groups excluding carboxylic acids is 1. The first-order valence-electron chi connectivity index (χ1n) is 9.19. The Kier molecular flexibility index (Phi) is 5.55. The van der Waals surface area contributed by atoms with Gasteiger partial charge in [-0.15, -0.1) is 11.3 Å². The molecule has 1 amide bonds. The van der Waals surface area contributed by atoms with Crippen LogP contribution in [0.3, 0.4) is 0 Å². The van der Waals surface area contributed by atoms with Crippen LogP contribution < -0.4 is 4.74 Å². The van der Waals surface area contributed by atoms with Crippen LogP contribution in [0.15, 0.2) is 46.5 Å². The number of thiophene rings is 1. The molecule has 6 heteroatoms. The van der Waals surface area contributed by atoms with Crippen molar-refractivity contribution in [3.05, 3.63) is 57.7 Å². The number of thiazole rings is 1. The summed E-state index contributed by atoms with van der Waals surface area (Å²) in [6.07, 6.45) is 4.32.